The first kappa shape index (κ1) is 15.6. The highest BCUT2D eigenvalue weighted by atomic mass is 28.3. The van der Waals surface area contributed by atoms with Gasteiger partial charge < -0.3 is 4.74 Å². The summed E-state index contributed by atoms with van der Waals surface area (Å²) in [4.78, 5) is 23.2. The Hall–Kier alpha value is -1.42. The molecular weight excluding hydrogens is 256 g/mol. The molecule has 104 valence electrons. The third-order valence-electron chi connectivity index (χ3n) is 3.05. The summed E-state index contributed by atoms with van der Waals surface area (Å²) in [5.41, 5.74) is 2.18. The molecule has 0 N–H and O–H groups in total. The van der Waals surface area contributed by atoms with Gasteiger partial charge in [0.15, 0.2) is 5.78 Å². The fourth-order valence-corrected chi connectivity index (χ4v) is 2.92. The maximum absolute atomic E-state index is 11.6. The molecule has 0 fully saturated rings. The van der Waals surface area contributed by atoms with Gasteiger partial charge in [0.2, 0.25) is 0 Å². The molecule has 0 bridgehead atoms. The molecule has 19 heavy (non-hydrogen) atoms. The number of ketones is 1. The molecule has 3 nitrogen and oxygen atoms in total. The summed E-state index contributed by atoms with van der Waals surface area (Å²) in [7, 11) is 0.186. The van der Waals surface area contributed by atoms with Crippen molar-refractivity contribution in [2.24, 2.45) is 0 Å². The van der Waals surface area contributed by atoms with Crippen molar-refractivity contribution in [2.75, 3.05) is 7.11 Å². The van der Waals surface area contributed by atoms with Gasteiger partial charge in [0, 0.05) is 13.6 Å². The fraction of sp³-hybridized carbons (Fsp3) is 0.467. The van der Waals surface area contributed by atoms with Crippen molar-refractivity contribution in [2.45, 2.75) is 39.0 Å². The summed E-state index contributed by atoms with van der Waals surface area (Å²) in [6.45, 7) is 8.45. The summed E-state index contributed by atoms with van der Waals surface area (Å²) in [6.07, 6.45) is 0.843. The van der Waals surface area contributed by atoms with Crippen molar-refractivity contribution in [3.05, 3.63) is 34.9 Å². The first-order chi connectivity index (χ1) is 8.74. The summed E-state index contributed by atoms with van der Waals surface area (Å²) in [5, 5.41) is 0. The Morgan fingerprint density at radius 1 is 1.21 bits per heavy atom. The van der Waals surface area contributed by atoms with Crippen LogP contribution < -0.4 is 0 Å². The summed E-state index contributed by atoms with van der Waals surface area (Å²) in [5.74, 6) is -0.314. The lowest BCUT2D eigenvalue weighted by atomic mass is 9.99. The van der Waals surface area contributed by atoms with Gasteiger partial charge in [-0.05, 0) is 31.0 Å². The summed E-state index contributed by atoms with van der Waals surface area (Å²) in [6, 6.07) is 6.27. The van der Waals surface area contributed by atoms with Crippen LogP contribution in [-0.4, -0.2) is 26.9 Å². The predicted octanol–water partition coefficient (Wildman–Crippen LogP) is 3.56. The van der Waals surface area contributed by atoms with Crippen LogP contribution >= 0.6 is 0 Å². The highest BCUT2D eigenvalue weighted by Crippen LogP contribution is 2.19. The van der Waals surface area contributed by atoms with Gasteiger partial charge in [0.25, 0.3) is 0 Å². The number of benzene rings is 1. The SMILES string of the molecule is COC(=O)c1ccc(C(C)=O)c(CC[Si](C)(C)C)c1. The molecule has 0 saturated carbocycles. The van der Waals surface area contributed by atoms with Gasteiger partial charge in [-0.2, -0.15) is 0 Å². The van der Waals surface area contributed by atoms with Crippen LogP contribution in [0.3, 0.4) is 0 Å². The average molecular weight is 278 g/mol. The molecule has 0 unspecified atom stereocenters. The Morgan fingerprint density at radius 3 is 2.32 bits per heavy atom. The van der Waals surface area contributed by atoms with Gasteiger partial charge in [-0.15, -0.1) is 0 Å². The van der Waals surface area contributed by atoms with Gasteiger partial charge in [-0.25, -0.2) is 4.79 Å². The number of methoxy groups -OCH3 is 1. The molecule has 0 radical (unpaired) electrons. The monoisotopic (exact) mass is 278 g/mol. The first-order valence-electron chi connectivity index (χ1n) is 6.47. The maximum atomic E-state index is 11.6. The fourth-order valence-electron chi connectivity index (χ4n) is 1.90. The van der Waals surface area contributed by atoms with E-state index in [2.05, 4.69) is 19.6 Å². The second kappa shape index (κ2) is 6.15. The topological polar surface area (TPSA) is 43.4 Å². The summed E-state index contributed by atoms with van der Waals surface area (Å²) >= 11 is 0. The molecule has 1 aromatic rings. The third-order valence-corrected chi connectivity index (χ3v) is 4.80. The molecular formula is C15H22O3Si. The van der Waals surface area contributed by atoms with Gasteiger partial charge in [0.05, 0.1) is 12.7 Å². The molecule has 0 aliphatic carbocycles. The first-order valence-corrected chi connectivity index (χ1v) is 10.2. The maximum Gasteiger partial charge on any atom is 0.337 e. The van der Waals surface area contributed by atoms with Crippen LogP contribution in [0.5, 0.6) is 0 Å². The molecule has 0 amide bonds. The number of Topliss-reactive ketones (excluding diaryl/α,β-unsaturated/α-hetero) is 1. The predicted molar refractivity (Wildman–Crippen MR) is 79.6 cm³/mol. The molecule has 0 heterocycles. The van der Waals surface area contributed by atoms with Gasteiger partial charge >= 0.3 is 5.97 Å². The minimum atomic E-state index is -1.18. The van der Waals surface area contributed by atoms with Crippen molar-refractivity contribution in [3.63, 3.8) is 0 Å². The number of ether oxygens (including phenoxy) is 1. The Bertz CT molecular complexity index is 487. The van der Waals surface area contributed by atoms with Gasteiger partial charge in [-0.1, -0.05) is 31.8 Å². The van der Waals surface area contributed by atoms with E-state index in [1.807, 2.05) is 0 Å². The number of carbonyl (C=O) groups excluding carboxylic acids is 2. The number of hydrogen-bond donors (Lipinski definition) is 0. The lowest BCUT2D eigenvalue weighted by Gasteiger charge is -2.17. The molecule has 0 aromatic heterocycles. The van der Waals surface area contributed by atoms with Gasteiger partial charge in [0.1, 0.15) is 0 Å². The van der Waals surface area contributed by atoms with E-state index in [-0.39, 0.29) is 11.8 Å². The minimum Gasteiger partial charge on any atom is -0.465 e. The van der Waals surface area contributed by atoms with E-state index in [0.717, 1.165) is 18.0 Å². The van der Waals surface area contributed by atoms with E-state index in [4.69, 9.17) is 4.74 Å². The van der Waals surface area contributed by atoms with Crippen molar-refractivity contribution in [1.82, 2.24) is 0 Å². The molecule has 4 heteroatoms. The molecule has 0 spiro atoms. The Labute approximate surface area is 116 Å². The van der Waals surface area contributed by atoms with Crippen LogP contribution in [-0.2, 0) is 11.2 Å². The smallest absolute Gasteiger partial charge is 0.337 e. The number of esters is 1. The zero-order valence-electron chi connectivity index (χ0n) is 12.4. The number of aryl methyl sites for hydroxylation is 1. The van der Waals surface area contributed by atoms with E-state index in [1.54, 1.807) is 25.1 Å². The molecule has 1 rings (SSSR count). The van der Waals surface area contributed by atoms with Crippen LogP contribution in [0.1, 0.15) is 33.2 Å². The lowest BCUT2D eigenvalue weighted by molar-refractivity contribution is 0.0600. The van der Waals surface area contributed by atoms with Crippen molar-refractivity contribution >= 4 is 19.8 Å². The molecule has 0 saturated heterocycles. The second-order valence-corrected chi connectivity index (χ2v) is 11.6. The second-order valence-electron chi connectivity index (χ2n) is 5.98. The zero-order valence-corrected chi connectivity index (χ0v) is 13.4. The van der Waals surface area contributed by atoms with Gasteiger partial charge in [-0.3, -0.25) is 4.79 Å². The van der Waals surface area contributed by atoms with Crippen LogP contribution in [0.15, 0.2) is 18.2 Å². The van der Waals surface area contributed by atoms with E-state index in [0.29, 0.717) is 11.1 Å². The Kier molecular flexibility index (Phi) is 5.06. The van der Waals surface area contributed by atoms with E-state index < -0.39 is 8.07 Å². The van der Waals surface area contributed by atoms with E-state index in [9.17, 15) is 9.59 Å². The highest BCUT2D eigenvalue weighted by Gasteiger charge is 2.17. The molecule has 0 aliphatic heterocycles. The third kappa shape index (κ3) is 4.63. The summed E-state index contributed by atoms with van der Waals surface area (Å²) < 4.78 is 4.72. The Balaban J connectivity index is 3.09. The van der Waals surface area contributed by atoms with Crippen molar-refractivity contribution < 1.29 is 14.3 Å². The molecule has 0 aliphatic rings. The van der Waals surface area contributed by atoms with Crippen LogP contribution in [0, 0.1) is 0 Å². The van der Waals surface area contributed by atoms with Crippen LogP contribution in [0.4, 0.5) is 0 Å². The quantitative estimate of drug-likeness (QED) is 0.470. The van der Waals surface area contributed by atoms with E-state index >= 15 is 0 Å². The average Bonchev–Trinajstić information content (AvgIpc) is 2.34. The number of carbonyl (C=O) groups is 2. The molecule has 1 aromatic carbocycles. The van der Waals surface area contributed by atoms with Crippen LogP contribution in [0.2, 0.25) is 25.7 Å². The van der Waals surface area contributed by atoms with Crippen molar-refractivity contribution in [3.8, 4) is 0 Å². The lowest BCUT2D eigenvalue weighted by Crippen LogP contribution is -2.20. The van der Waals surface area contributed by atoms with Crippen molar-refractivity contribution in [1.29, 1.82) is 0 Å². The van der Waals surface area contributed by atoms with Crippen LogP contribution in [0.25, 0.3) is 0 Å². The highest BCUT2D eigenvalue weighted by molar-refractivity contribution is 6.76. The minimum absolute atomic E-state index is 0.0435. The number of rotatable bonds is 5. The standard InChI is InChI=1S/C15H22O3Si/c1-11(16)14-7-6-13(15(17)18-2)10-12(14)8-9-19(3,4)5/h6-7,10H,8-9H2,1-5H3. The number of hydrogen-bond acceptors (Lipinski definition) is 3. The van der Waals surface area contributed by atoms with E-state index in [1.165, 1.54) is 7.11 Å². The Morgan fingerprint density at radius 2 is 1.84 bits per heavy atom. The largest absolute Gasteiger partial charge is 0.465 e. The zero-order chi connectivity index (χ0) is 14.6. The normalized spacial score (nSPS) is 11.2. The molecule has 0 atom stereocenters.